The topological polar surface area (TPSA) is 3.24 Å². The molecule has 0 heterocycles. The van der Waals surface area contributed by atoms with E-state index in [2.05, 4.69) is 0 Å². The first kappa shape index (κ1) is 13.3. The maximum atomic E-state index is 12.8. The average molecular weight is 256 g/mol. The molecule has 0 N–H and O–H groups in total. The first-order chi connectivity index (χ1) is 7.28. The molecule has 0 aliphatic heterocycles. The number of hydrogen-bond acceptors (Lipinski definition) is 1. The summed E-state index contributed by atoms with van der Waals surface area (Å²) in [6, 6.07) is 3.87. The van der Waals surface area contributed by atoms with Crippen LogP contribution in [-0.4, -0.2) is 24.7 Å². The zero-order valence-electron chi connectivity index (χ0n) is 8.48. The Balaban J connectivity index is 2.63. The van der Waals surface area contributed by atoms with Crippen LogP contribution in [0.25, 0.3) is 0 Å². The molecular weight excluding hydrogens is 246 g/mol. The molecule has 1 aromatic rings. The molecule has 1 rings (SSSR count). The highest BCUT2D eigenvalue weighted by molar-refractivity contribution is 6.30. The highest BCUT2D eigenvalue weighted by Crippen LogP contribution is 2.19. The van der Waals surface area contributed by atoms with E-state index in [1.54, 1.807) is 0 Å². The Morgan fingerprint density at radius 1 is 1.31 bits per heavy atom. The molecule has 0 saturated carbocycles. The van der Waals surface area contributed by atoms with Crippen molar-refractivity contribution in [3.8, 4) is 0 Å². The predicted molar refractivity (Wildman–Crippen MR) is 53.8 cm³/mol. The van der Waals surface area contributed by atoms with E-state index in [1.807, 2.05) is 0 Å². The van der Waals surface area contributed by atoms with E-state index in [4.69, 9.17) is 11.6 Å². The smallest absolute Gasteiger partial charge is 0.294 e. The van der Waals surface area contributed by atoms with Gasteiger partial charge in [-0.05, 0) is 24.7 Å². The lowest BCUT2D eigenvalue weighted by atomic mass is 10.2. The molecule has 0 spiro atoms. The molecule has 0 atom stereocenters. The quantitative estimate of drug-likeness (QED) is 0.748. The molecule has 1 aromatic carbocycles. The van der Waals surface area contributed by atoms with E-state index in [1.165, 1.54) is 19.2 Å². The van der Waals surface area contributed by atoms with Crippen molar-refractivity contribution >= 4 is 11.6 Å². The average Bonchev–Trinajstić information content (AvgIpc) is 2.08. The number of rotatable bonds is 3. The summed E-state index contributed by atoms with van der Waals surface area (Å²) in [5, 5.41) is -0.0853. The maximum absolute atomic E-state index is 12.8. The van der Waals surface area contributed by atoms with Crippen LogP contribution < -0.4 is 0 Å². The fourth-order valence-corrected chi connectivity index (χ4v) is 1.51. The van der Waals surface area contributed by atoms with Crippen LogP contribution in [0.1, 0.15) is 5.56 Å². The fourth-order valence-electron chi connectivity index (χ4n) is 1.31. The van der Waals surface area contributed by atoms with Crippen LogP contribution in [0.2, 0.25) is 5.02 Å². The molecule has 0 radical (unpaired) electrons. The molecule has 0 aromatic heterocycles. The standard InChI is InChI=1S/C10H10ClF4N/c1-16(6-10(13,14)15)5-7-2-3-9(12)8(11)4-7/h2-4H,5-6H2,1H3. The molecule has 0 unspecified atom stereocenters. The third-order valence-corrected chi connectivity index (χ3v) is 2.18. The number of benzene rings is 1. The Hall–Kier alpha value is -0.810. The summed E-state index contributed by atoms with van der Waals surface area (Å²) in [6.07, 6.45) is -4.24. The number of hydrogen-bond donors (Lipinski definition) is 0. The van der Waals surface area contributed by atoms with E-state index in [9.17, 15) is 17.6 Å². The summed E-state index contributed by atoms with van der Waals surface area (Å²) >= 11 is 5.51. The Labute approximate surface area is 95.6 Å². The summed E-state index contributed by atoms with van der Waals surface area (Å²) in [5.74, 6) is -0.580. The zero-order valence-corrected chi connectivity index (χ0v) is 9.24. The van der Waals surface area contributed by atoms with Crippen molar-refractivity contribution in [3.05, 3.63) is 34.6 Å². The predicted octanol–water partition coefficient (Wildman–Crippen LogP) is 3.47. The molecule has 90 valence electrons. The Morgan fingerprint density at radius 2 is 1.94 bits per heavy atom. The van der Waals surface area contributed by atoms with Crippen LogP contribution in [0.3, 0.4) is 0 Å². The van der Waals surface area contributed by atoms with Crippen molar-refractivity contribution in [1.29, 1.82) is 0 Å². The number of alkyl halides is 3. The van der Waals surface area contributed by atoms with Crippen LogP contribution in [-0.2, 0) is 6.54 Å². The summed E-state index contributed by atoms with van der Waals surface area (Å²) < 4.78 is 48.9. The van der Waals surface area contributed by atoms with Crippen LogP contribution in [0, 0.1) is 5.82 Å². The van der Waals surface area contributed by atoms with Gasteiger partial charge in [0.1, 0.15) is 5.82 Å². The summed E-state index contributed by atoms with van der Waals surface area (Å²) in [4.78, 5) is 1.09. The third-order valence-electron chi connectivity index (χ3n) is 1.89. The molecule has 16 heavy (non-hydrogen) atoms. The van der Waals surface area contributed by atoms with Gasteiger partial charge in [-0.3, -0.25) is 4.90 Å². The summed E-state index contributed by atoms with van der Waals surface area (Å²) in [7, 11) is 1.34. The van der Waals surface area contributed by atoms with Gasteiger partial charge in [0.25, 0.3) is 0 Å². The van der Waals surface area contributed by atoms with Crippen molar-refractivity contribution in [2.24, 2.45) is 0 Å². The van der Waals surface area contributed by atoms with E-state index in [0.29, 0.717) is 5.56 Å². The van der Waals surface area contributed by atoms with E-state index in [0.717, 1.165) is 11.0 Å². The number of nitrogens with zero attached hydrogens (tertiary/aromatic N) is 1. The largest absolute Gasteiger partial charge is 0.401 e. The van der Waals surface area contributed by atoms with E-state index in [-0.39, 0.29) is 11.6 Å². The molecule has 0 fully saturated rings. The zero-order chi connectivity index (χ0) is 12.3. The highest BCUT2D eigenvalue weighted by atomic mass is 35.5. The Morgan fingerprint density at radius 3 is 2.44 bits per heavy atom. The molecule has 1 nitrogen and oxygen atoms in total. The summed E-state index contributed by atoms with van der Waals surface area (Å²) in [5.41, 5.74) is 0.540. The minimum absolute atomic E-state index is 0.0690. The lowest BCUT2D eigenvalue weighted by molar-refractivity contribution is -0.144. The minimum atomic E-state index is -4.24. The van der Waals surface area contributed by atoms with Crippen LogP contribution in [0.5, 0.6) is 0 Å². The van der Waals surface area contributed by atoms with E-state index >= 15 is 0 Å². The minimum Gasteiger partial charge on any atom is -0.294 e. The molecule has 0 amide bonds. The third kappa shape index (κ3) is 4.37. The summed E-state index contributed by atoms with van der Waals surface area (Å²) in [6.45, 7) is -0.943. The van der Waals surface area contributed by atoms with Gasteiger partial charge in [-0.25, -0.2) is 4.39 Å². The second kappa shape index (κ2) is 5.01. The maximum Gasteiger partial charge on any atom is 0.401 e. The first-order valence-corrected chi connectivity index (χ1v) is 4.85. The molecular formula is C10H10ClF4N. The van der Waals surface area contributed by atoms with E-state index < -0.39 is 18.5 Å². The second-order valence-corrected chi connectivity index (χ2v) is 3.94. The monoisotopic (exact) mass is 255 g/mol. The van der Waals surface area contributed by atoms with Gasteiger partial charge in [-0.2, -0.15) is 13.2 Å². The fraction of sp³-hybridized carbons (Fsp3) is 0.400. The second-order valence-electron chi connectivity index (χ2n) is 3.54. The number of halogens is 5. The normalized spacial score (nSPS) is 12.2. The van der Waals surface area contributed by atoms with Crippen LogP contribution in [0.15, 0.2) is 18.2 Å². The van der Waals surface area contributed by atoms with Gasteiger partial charge >= 0.3 is 6.18 Å². The van der Waals surface area contributed by atoms with Crippen molar-refractivity contribution in [2.45, 2.75) is 12.7 Å². The lowest BCUT2D eigenvalue weighted by Gasteiger charge is -2.18. The lowest BCUT2D eigenvalue weighted by Crippen LogP contribution is -2.30. The van der Waals surface area contributed by atoms with Gasteiger partial charge in [0.05, 0.1) is 11.6 Å². The highest BCUT2D eigenvalue weighted by Gasteiger charge is 2.29. The van der Waals surface area contributed by atoms with Crippen LogP contribution >= 0.6 is 11.6 Å². The van der Waals surface area contributed by atoms with Gasteiger partial charge in [-0.15, -0.1) is 0 Å². The Bertz CT molecular complexity index is 364. The van der Waals surface area contributed by atoms with Gasteiger partial charge < -0.3 is 0 Å². The van der Waals surface area contributed by atoms with Crippen molar-refractivity contribution in [2.75, 3.05) is 13.6 Å². The van der Waals surface area contributed by atoms with Crippen LogP contribution in [0.4, 0.5) is 17.6 Å². The van der Waals surface area contributed by atoms with Crippen molar-refractivity contribution in [3.63, 3.8) is 0 Å². The molecule has 0 bridgehead atoms. The van der Waals surface area contributed by atoms with Crippen molar-refractivity contribution in [1.82, 2.24) is 4.90 Å². The first-order valence-electron chi connectivity index (χ1n) is 4.47. The van der Waals surface area contributed by atoms with Gasteiger partial charge in [0.15, 0.2) is 0 Å². The molecule has 0 aliphatic carbocycles. The van der Waals surface area contributed by atoms with Crippen molar-refractivity contribution < 1.29 is 17.6 Å². The Kier molecular flexibility index (Phi) is 4.15. The SMILES string of the molecule is CN(Cc1ccc(F)c(Cl)c1)CC(F)(F)F. The van der Waals surface area contributed by atoms with Gasteiger partial charge in [-0.1, -0.05) is 17.7 Å². The molecule has 0 aliphatic rings. The molecule has 6 heteroatoms. The van der Waals surface area contributed by atoms with Gasteiger partial charge in [0.2, 0.25) is 0 Å². The molecule has 0 saturated heterocycles. The van der Waals surface area contributed by atoms with Gasteiger partial charge in [0, 0.05) is 6.54 Å².